The van der Waals surface area contributed by atoms with Crippen LogP contribution in [0.25, 0.3) is 6.08 Å². The quantitative estimate of drug-likeness (QED) is 0.296. The Morgan fingerprint density at radius 2 is 2.14 bits per heavy atom. The fourth-order valence-corrected chi connectivity index (χ4v) is 4.06. The zero-order valence-electron chi connectivity index (χ0n) is 15.6. The molecule has 28 heavy (non-hydrogen) atoms. The summed E-state index contributed by atoms with van der Waals surface area (Å²) in [6.45, 7) is 3.99. The van der Waals surface area contributed by atoms with E-state index >= 15 is 0 Å². The molecule has 1 atom stereocenters. The van der Waals surface area contributed by atoms with E-state index in [1.807, 2.05) is 13.8 Å². The summed E-state index contributed by atoms with van der Waals surface area (Å²) in [5.41, 5.74) is 0.735. The number of methoxy groups -OCH3 is 1. The third-order valence-electron chi connectivity index (χ3n) is 4.27. The second kappa shape index (κ2) is 8.62. The smallest absolute Gasteiger partial charge is 0.379 e. The van der Waals surface area contributed by atoms with Crippen LogP contribution in [0, 0.1) is 0 Å². The molecule has 1 amide bonds. The Morgan fingerprint density at radius 3 is 2.79 bits per heavy atom. The van der Waals surface area contributed by atoms with Crippen LogP contribution in [0.1, 0.15) is 36.4 Å². The van der Waals surface area contributed by atoms with Gasteiger partial charge < -0.3 is 13.9 Å². The van der Waals surface area contributed by atoms with Crippen molar-refractivity contribution in [2.24, 2.45) is 0 Å². The molecule has 3 rings (SSSR count). The van der Waals surface area contributed by atoms with Gasteiger partial charge in [0.2, 0.25) is 5.76 Å². The molecule has 1 aliphatic heterocycles. The standard InChI is InChI=1S/C20H19NO5S2/c1-4-12(2)21-18(22)17(28-20(21)27)11-13-7-8-14(16(10-13)24-3)26-19(23)15-6-5-9-25-15/h5-12H,4H2,1-3H3/b17-11-/t12-/m0/s1. The summed E-state index contributed by atoms with van der Waals surface area (Å²) >= 11 is 6.62. The molecule has 0 saturated carbocycles. The van der Waals surface area contributed by atoms with E-state index in [0.29, 0.717) is 15.0 Å². The van der Waals surface area contributed by atoms with Crippen LogP contribution in [0.4, 0.5) is 0 Å². The maximum absolute atomic E-state index is 12.7. The number of esters is 1. The largest absolute Gasteiger partial charge is 0.493 e. The highest BCUT2D eigenvalue weighted by Crippen LogP contribution is 2.36. The van der Waals surface area contributed by atoms with Gasteiger partial charge in [-0.1, -0.05) is 37.0 Å². The first-order valence-corrected chi connectivity index (χ1v) is 9.87. The van der Waals surface area contributed by atoms with Crippen molar-refractivity contribution >= 4 is 46.3 Å². The summed E-state index contributed by atoms with van der Waals surface area (Å²) in [6, 6.07) is 8.22. The first-order valence-electron chi connectivity index (χ1n) is 8.65. The van der Waals surface area contributed by atoms with Crippen LogP contribution in [0.15, 0.2) is 45.9 Å². The minimum Gasteiger partial charge on any atom is -0.493 e. The number of nitrogens with zero attached hydrogens (tertiary/aromatic N) is 1. The van der Waals surface area contributed by atoms with E-state index in [9.17, 15) is 9.59 Å². The van der Waals surface area contributed by atoms with Crippen LogP contribution >= 0.6 is 24.0 Å². The van der Waals surface area contributed by atoms with Crippen LogP contribution in [-0.2, 0) is 4.79 Å². The molecular formula is C20H19NO5S2. The van der Waals surface area contributed by atoms with Crippen molar-refractivity contribution in [2.45, 2.75) is 26.3 Å². The van der Waals surface area contributed by atoms with Gasteiger partial charge in [-0.15, -0.1) is 0 Å². The summed E-state index contributed by atoms with van der Waals surface area (Å²) in [7, 11) is 1.48. The molecule has 0 aliphatic carbocycles. The Hall–Kier alpha value is -2.58. The summed E-state index contributed by atoms with van der Waals surface area (Å²) < 4.78 is 16.2. The Morgan fingerprint density at radius 1 is 1.36 bits per heavy atom. The van der Waals surface area contributed by atoms with E-state index in [-0.39, 0.29) is 23.5 Å². The fraction of sp³-hybridized carbons (Fsp3) is 0.250. The van der Waals surface area contributed by atoms with Crippen molar-refractivity contribution in [1.29, 1.82) is 0 Å². The number of carbonyl (C=O) groups is 2. The van der Waals surface area contributed by atoms with E-state index in [1.54, 1.807) is 35.2 Å². The van der Waals surface area contributed by atoms with E-state index in [0.717, 1.165) is 12.0 Å². The number of ether oxygens (including phenoxy) is 2. The minimum atomic E-state index is -0.620. The number of rotatable bonds is 6. The predicted octanol–water partition coefficient (Wildman–Crippen LogP) is 4.51. The van der Waals surface area contributed by atoms with Crippen molar-refractivity contribution in [3.8, 4) is 11.5 Å². The molecule has 0 bridgehead atoms. The third kappa shape index (κ3) is 4.13. The van der Waals surface area contributed by atoms with Crippen molar-refractivity contribution < 1.29 is 23.5 Å². The van der Waals surface area contributed by atoms with Crippen molar-refractivity contribution in [3.63, 3.8) is 0 Å². The highest BCUT2D eigenvalue weighted by molar-refractivity contribution is 8.26. The monoisotopic (exact) mass is 417 g/mol. The van der Waals surface area contributed by atoms with Gasteiger partial charge in [0, 0.05) is 6.04 Å². The van der Waals surface area contributed by atoms with E-state index < -0.39 is 5.97 Å². The summed E-state index contributed by atoms with van der Waals surface area (Å²) in [5, 5.41) is 0. The molecule has 1 aromatic heterocycles. The molecular weight excluding hydrogens is 398 g/mol. The van der Waals surface area contributed by atoms with E-state index in [1.165, 1.54) is 31.2 Å². The van der Waals surface area contributed by atoms with Crippen molar-refractivity contribution in [2.75, 3.05) is 7.11 Å². The lowest BCUT2D eigenvalue weighted by Gasteiger charge is -2.21. The van der Waals surface area contributed by atoms with Gasteiger partial charge in [-0.2, -0.15) is 0 Å². The highest BCUT2D eigenvalue weighted by Gasteiger charge is 2.34. The number of furan rings is 1. The number of thiocarbonyl (C=S) groups is 1. The lowest BCUT2D eigenvalue weighted by molar-refractivity contribution is -0.123. The minimum absolute atomic E-state index is 0.0522. The van der Waals surface area contributed by atoms with Crippen molar-refractivity contribution in [1.82, 2.24) is 4.90 Å². The highest BCUT2D eigenvalue weighted by atomic mass is 32.2. The van der Waals surface area contributed by atoms with Gasteiger partial charge in [0.25, 0.3) is 5.91 Å². The van der Waals surface area contributed by atoms with Gasteiger partial charge in [0.05, 0.1) is 18.3 Å². The van der Waals surface area contributed by atoms with Gasteiger partial charge in [-0.05, 0) is 49.2 Å². The number of hydrogen-bond donors (Lipinski definition) is 0. The summed E-state index contributed by atoms with van der Waals surface area (Å²) in [5.74, 6) is 0.00114. The van der Waals surface area contributed by atoms with Crippen LogP contribution in [-0.4, -0.2) is 34.2 Å². The number of thioether (sulfide) groups is 1. The first kappa shape index (κ1) is 20.2. The SMILES string of the molecule is CC[C@H](C)N1C(=O)/C(=C/c2ccc(OC(=O)c3ccco3)c(OC)c2)SC1=S. The van der Waals surface area contributed by atoms with Crippen LogP contribution in [0.2, 0.25) is 0 Å². The molecule has 1 saturated heterocycles. The molecule has 0 N–H and O–H groups in total. The van der Waals surface area contributed by atoms with Crippen LogP contribution in [0.5, 0.6) is 11.5 Å². The van der Waals surface area contributed by atoms with Crippen LogP contribution < -0.4 is 9.47 Å². The Bertz CT molecular complexity index is 936. The first-order chi connectivity index (χ1) is 13.4. The summed E-state index contributed by atoms with van der Waals surface area (Å²) in [6.07, 6.45) is 3.97. The number of hydrogen-bond acceptors (Lipinski definition) is 7. The lowest BCUT2D eigenvalue weighted by atomic mass is 10.1. The predicted molar refractivity (Wildman–Crippen MR) is 111 cm³/mol. The normalized spacial score (nSPS) is 16.5. The second-order valence-corrected chi connectivity index (χ2v) is 7.76. The molecule has 1 aliphatic rings. The zero-order chi connectivity index (χ0) is 20.3. The molecule has 8 heteroatoms. The Balaban J connectivity index is 1.82. The topological polar surface area (TPSA) is 69.0 Å². The zero-order valence-corrected chi connectivity index (χ0v) is 17.3. The Labute approximate surface area is 172 Å². The molecule has 0 unspecified atom stereocenters. The Kier molecular flexibility index (Phi) is 6.21. The number of amides is 1. The maximum Gasteiger partial charge on any atom is 0.379 e. The number of benzene rings is 1. The second-order valence-electron chi connectivity index (χ2n) is 6.09. The average molecular weight is 418 g/mol. The number of carbonyl (C=O) groups excluding carboxylic acids is 2. The lowest BCUT2D eigenvalue weighted by Crippen LogP contribution is -2.36. The van der Waals surface area contributed by atoms with Gasteiger partial charge in [0.15, 0.2) is 11.5 Å². The van der Waals surface area contributed by atoms with Gasteiger partial charge in [-0.25, -0.2) is 4.79 Å². The van der Waals surface area contributed by atoms with Gasteiger partial charge >= 0.3 is 5.97 Å². The molecule has 2 heterocycles. The molecule has 2 aromatic rings. The molecule has 1 aromatic carbocycles. The average Bonchev–Trinajstić information content (AvgIpc) is 3.31. The third-order valence-corrected chi connectivity index (χ3v) is 5.60. The van der Waals surface area contributed by atoms with Gasteiger partial charge in [0.1, 0.15) is 4.32 Å². The molecule has 0 spiro atoms. The van der Waals surface area contributed by atoms with Crippen LogP contribution in [0.3, 0.4) is 0 Å². The molecule has 146 valence electrons. The van der Waals surface area contributed by atoms with E-state index in [2.05, 4.69) is 0 Å². The van der Waals surface area contributed by atoms with Crippen molar-refractivity contribution in [3.05, 3.63) is 52.8 Å². The fourth-order valence-electron chi connectivity index (χ4n) is 2.60. The molecule has 6 nitrogen and oxygen atoms in total. The van der Waals surface area contributed by atoms with Gasteiger partial charge in [-0.3, -0.25) is 9.69 Å². The van der Waals surface area contributed by atoms with E-state index in [4.69, 9.17) is 26.1 Å². The maximum atomic E-state index is 12.7. The summed E-state index contributed by atoms with van der Waals surface area (Å²) in [4.78, 5) is 26.9. The molecule has 1 fully saturated rings. The molecule has 0 radical (unpaired) electrons.